The second kappa shape index (κ2) is 7.53. The van der Waals surface area contributed by atoms with Gasteiger partial charge in [-0.25, -0.2) is 13.1 Å². The molecule has 7 nitrogen and oxygen atoms in total. The van der Waals surface area contributed by atoms with Gasteiger partial charge in [-0.05, 0) is 25.3 Å². The van der Waals surface area contributed by atoms with E-state index in [2.05, 4.69) is 4.72 Å². The predicted octanol–water partition coefficient (Wildman–Crippen LogP) is 0.738. The average Bonchev–Trinajstić information content (AvgIpc) is 2.89. The monoisotopic (exact) mass is 334 g/mol. The molecule has 0 bridgehead atoms. The Labute approximate surface area is 127 Å². The Hall–Kier alpha value is -1.45. The minimum Gasteiger partial charge on any atom is -0.480 e. The van der Waals surface area contributed by atoms with Crippen LogP contribution >= 0.6 is 11.3 Å². The van der Waals surface area contributed by atoms with Crippen molar-refractivity contribution in [2.45, 2.75) is 30.5 Å². The molecule has 0 fully saturated rings. The Morgan fingerprint density at radius 2 is 2.10 bits per heavy atom. The summed E-state index contributed by atoms with van der Waals surface area (Å²) < 4.78 is 26.2. The molecular formula is C12H18N2O5S2. The number of carboxylic acids is 1. The Balaban J connectivity index is 2.54. The third kappa shape index (κ3) is 5.44. The quantitative estimate of drug-likeness (QED) is 0.730. The Morgan fingerprint density at radius 1 is 1.43 bits per heavy atom. The molecule has 0 spiro atoms. The van der Waals surface area contributed by atoms with Crippen LogP contribution in [0.1, 0.15) is 20.3 Å². The van der Waals surface area contributed by atoms with Crippen molar-refractivity contribution in [3.63, 3.8) is 0 Å². The van der Waals surface area contributed by atoms with Crippen molar-refractivity contribution in [1.82, 2.24) is 9.62 Å². The van der Waals surface area contributed by atoms with E-state index in [9.17, 15) is 18.0 Å². The lowest BCUT2D eigenvalue weighted by molar-refractivity contribution is -0.145. The minimum absolute atomic E-state index is 0.0676. The van der Waals surface area contributed by atoms with Crippen molar-refractivity contribution in [2.75, 3.05) is 13.1 Å². The third-order valence-corrected chi connectivity index (χ3v) is 5.50. The van der Waals surface area contributed by atoms with Crippen LogP contribution in [0.4, 0.5) is 0 Å². The van der Waals surface area contributed by atoms with E-state index in [1.54, 1.807) is 25.3 Å². The van der Waals surface area contributed by atoms with Crippen molar-refractivity contribution >= 4 is 33.2 Å². The Kier molecular flexibility index (Phi) is 6.31. The molecule has 118 valence electrons. The molecule has 0 radical (unpaired) electrons. The van der Waals surface area contributed by atoms with Gasteiger partial charge in [-0.2, -0.15) is 0 Å². The number of carboxylic acid groups (broad SMARTS) is 1. The molecule has 21 heavy (non-hydrogen) atoms. The number of thiophene rings is 1. The summed E-state index contributed by atoms with van der Waals surface area (Å²) in [5.41, 5.74) is 0. The standard InChI is InChI=1S/C12H18N2O5S2/c1-9(2)14(8-11(16)17)10(15)5-6-13-21(18,19)12-4-3-7-20-12/h3-4,7,9,13H,5-6,8H2,1-2H3,(H,16,17). The highest BCUT2D eigenvalue weighted by atomic mass is 32.2. The lowest BCUT2D eigenvalue weighted by Gasteiger charge is -2.24. The number of sulfonamides is 1. The number of hydrogen-bond donors (Lipinski definition) is 2. The van der Waals surface area contributed by atoms with E-state index >= 15 is 0 Å². The number of carbonyl (C=O) groups is 2. The molecule has 1 amide bonds. The van der Waals surface area contributed by atoms with Gasteiger partial charge in [0.1, 0.15) is 10.8 Å². The van der Waals surface area contributed by atoms with Gasteiger partial charge in [0, 0.05) is 19.0 Å². The van der Waals surface area contributed by atoms with Gasteiger partial charge in [0.05, 0.1) is 0 Å². The van der Waals surface area contributed by atoms with Crippen molar-refractivity contribution < 1.29 is 23.1 Å². The molecule has 0 aliphatic carbocycles. The smallest absolute Gasteiger partial charge is 0.323 e. The number of carbonyl (C=O) groups excluding carboxylic acids is 1. The van der Waals surface area contributed by atoms with Crippen molar-refractivity contribution in [2.24, 2.45) is 0 Å². The second-order valence-corrected chi connectivity index (χ2v) is 7.53. The molecule has 0 aromatic carbocycles. The largest absolute Gasteiger partial charge is 0.480 e. The van der Waals surface area contributed by atoms with Gasteiger partial charge >= 0.3 is 5.97 Å². The first-order valence-corrected chi connectivity index (χ1v) is 8.64. The molecule has 9 heteroatoms. The van der Waals surface area contributed by atoms with E-state index in [0.717, 1.165) is 11.3 Å². The van der Waals surface area contributed by atoms with Crippen LogP contribution in [-0.2, 0) is 19.6 Å². The average molecular weight is 334 g/mol. The van der Waals surface area contributed by atoms with Crippen LogP contribution in [0, 0.1) is 0 Å². The summed E-state index contributed by atoms with van der Waals surface area (Å²) in [6.45, 7) is 2.95. The van der Waals surface area contributed by atoms with E-state index < -0.39 is 28.4 Å². The summed E-state index contributed by atoms with van der Waals surface area (Å²) in [6.07, 6.45) is -0.0872. The molecule has 0 saturated heterocycles. The number of aliphatic carboxylic acids is 1. The zero-order chi connectivity index (χ0) is 16.0. The van der Waals surface area contributed by atoms with Crippen LogP contribution in [0.2, 0.25) is 0 Å². The first-order valence-electron chi connectivity index (χ1n) is 6.28. The summed E-state index contributed by atoms with van der Waals surface area (Å²) in [7, 11) is -3.60. The lowest BCUT2D eigenvalue weighted by atomic mass is 10.2. The molecule has 0 saturated carbocycles. The summed E-state index contributed by atoms with van der Waals surface area (Å²) in [5, 5.41) is 10.4. The predicted molar refractivity (Wildman–Crippen MR) is 78.6 cm³/mol. The molecule has 0 aliphatic rings. The maximum atomic E-state index is 11.9. The molecule has 2 N–H and O–H groups in total. The van der Waals surface area contributed by atoms with Gasteiger partial charge in [0.2, 0.25) is 15.9 Å². The minimum atomic E-state index is -3.60. The lowest BCUT2D eigenvalue weighted by Crippen LogP contribution is -2.42. The van der Waals surface area contributed by atoms with E-state index in [0.29, 0.717) is 0 Å². The first kappa shape index (κ1) is 17.6. The molecular weight excluding hydrogens is 316 g/mol. The number of rotatable bonds is 8. The summed E-state index contributed by atoms with van der Waals surface area (Å²) in [4.78, 5) is 23.8. The topological polar surface area (TPSA) is 104 Å². The van der Waals surface area contributed by atoms with E-state index in [1.165, 1.54) is 11.0 Å². The fourth-order valence-corrected chi connectivity index (χ4v) is 3.70. The van der Waals surface area contributed by atoms with Gasteiger partial charge in [0.15, 0.2) is 0 Å². The van der Waals surface area contributed by atoms with E-state index in [1.807, 2.05) is 0 Å². The molecule has 0 unspecified atom stereocenters. The van der Waals surface area contributed by atoms with Crippen LogP contribution in [0.15, 0.2) is 21.7 Å². The summed E-state index contributed by atoms with van der Waals surface area (Å²) >= 11 is 1.08. The zero-order valence-electron chi connectivity index (χ0n) is 11.8. The summed E-state index contributed by atoms with van der Waals surface area (Å²) in [6, 6.07) is 2.83. The maximum Gasteiger partial charge on any atom is 0.323 e. The second-order valence-electron chi connectivity index (χ2n) is 4.59. The van der Waals surface area contributed by atoms with Crippen LogP contribution in [0.25, 0.3) is 0 Å². The maximum absolute atomic E-state index is 11.9. The first-order chi connectivity index (χ1) is 9.74. The van der Waals surface area contributed by atoms with Crippen molar-refractivity contribution in [1.29, 1.82) is 0 Å². The van der Waals surface area contributed by atoms with E-state index in [-0.39, 0.29) is 23.2 Å². The fourth-order valence-electron chi connectivity index (χ4n) is 1.63. The van der Waals surface area contributed by atoms with Crippen LogP contribution in [0.5, 0.6) is 0 Å². The van der Waals surface area contributed by atoms with Gasteiger partial charge in [-0.3, -0.25) is 9.59 Å². The van der Waals surface area contributed by atoms with Crippen molar-refractivity contribution in [3.8, 4) is 0 Å². The SMILES string of the molecule is CC(C)N(CC(=O)O)C(=O)CCNS(=O)(=O)c1cccs1. The molecule has 1 aromatic rings. The molecule has 1 heterocycles. The highest BCUT2D eigenvalue weighted by Crippen LogP contribution is 2.15. The van der Waals surface area contributed by atoms with Crippen LogP contribution in [0.3, 0.4) is 0 Å². The van der Waals surface area contributed by atoms with Crippen LogP contribution < -0.4 is 4.72 Å². The van der Waals surface area contributed by atoms with Crippen LogP contribution in [-0.4, -0.2) is 49.4 Å². The van der Waals surface area contributed by atoms with Crippen molar-refractivity contribution in [3.05, 3.63) is 17.5 Å². The van der Waals surface area contributed by atoms with E-state index in [4.69, 9.17) is 5.11 Å². The highest BCUT2D eigenvalue weighted by Gasteiger charge is 2.21. The molecule has 0 aliphatic heterocycles. The van der Waals surface area contributed by atoms with Gasteiger partial charge in [-0.1, -0.05) is 6.07 Å². The van der Waals surface area contributed by atoms with Gasteiger partial charge < -0.3 is 10.0 Å². The Morgan fingerprint density at radius 3 is 2.57 bits per heavy atom. The molecule has 1 rings (SSSR count). The number of nitrogens with one attached hydrogen (secondary N) is 1. The fraction of sp³-hybridized carbons (Fsp3) is 0.500. The number of hydrogen-bond acceptors (Lipinski definition) is 5. The molecule has 0 atom stereocenters. The number of amides is 1. The number of nitrogens with zero attached hydrogens (tertiary/aromatic N) is 1. The van der Waals surface area contributed by atoms with Gasteiger partial charge in [0.25, 0.3) is 0 Å². The Bertz CT molecular complexity index is 581. The third-order valence-electron chi connectivity index (χ3n) is 2.64. The molecule has 1 aromatic heterocycles. The normalized spacial score (nSPS) is 11.6. The highest BCUT2D eigenvalue weighted by molar-refractivity contribution is 7.91. The summed E-state index contributed by atoms with van der Waals surface area (Å²) in [5.74, 6) is -1.50. The van der Waals surface area contributed by atoms with Gasteiger partial charge in [-0.15, -0.1) is 11.3 Å². The zero-order valence-corrected chi connectivity index (χ0v) is 13.4.